The number of ketones is 1. The second-order valence-corrected chi connectivity index (χ2v) is 6.70. The number of aromatic nitrogens is 1. The first kappa shape index (κ1) is 15.2. The first-order valence-corrected chi connectivity index (χ1v) is 7.95. The molecule has 0 aliphatic carbocycles. The fraction of sp³-hybridized carbons (Fsp3) is 0.588. The lowest BCUT2D eigenvalue weighted by Crippen LogP contribution is -2.34. The molecule has 5 nitrogen and oxygen atoms in total. The van der Waals surface area contributed by atoms with E-state index in [1.165, 1.54) is 0 Å². The van der Waals surface area contributed by atoms with Crippen molar-refractivity contribution in [1.82, 2.24) is 10.3 Å². The molecule has 1 aromatic rings. The van der Waals surface area contributed by atoms with E-state index in [4.69, 9.17) is 4.74 Å². The maximum absolute atomic E-state index is 11.8. The Balaban J connectivity index is 1.67. The quantitative estimate of drug-likeness (QED) is 0.927. The van der Waals surface area contributed by atoms with Gasteiger partial charge < -0.3 is 10.1 Å². The first-order valence-electron chi connectivity index (χ1n) is 7.95. The van der Waals surface area contributed by atoms with Gasteiger partial charge in [0.2, 0.25) is 5.88 Å². The Bertz CT molecular complexity index is 572. The highest BCUT2D eigenvalue weighted by atomic mass is 16.5. The highest BCUT2D eigenvalue weighted by Gasteiger charge is 2.32. The SMILES string of the molecule is CC1(C)CC(c2ccc(OC3CCNCC3)nc2)=NCC1=O. The molecule has 1 aromatic heterocycles. The van der Waals surface area contributed by atoms with Gasteiger partial charge in [-0.3, -0.25) is 9.79 Å². The number of Topliss-reactive ketones (excluding diaryl/α,β-unsaturated/α-hetero) is 1. The van der Waals surface area contributed by atoms with E-state index in [0.29, 0.717) is 12.3 Å². The van der Waals surface area contributed by atoms with Gasteiger partial charge in [-0.2, -0.15) is 0 Å². The Morgan fingerprint density at radius 1 is 1.27 bits per heavy atom. The zero-order valence-corrected chi connectivity index (χ0v) is 13.3. The minimum Gasteiger partial charge on any atom is -0.474 e. The summed E-state index contributed by atoms with van der Waals surface area (Å²) >= 11 is 0. The Hall–Kier alpha value is -1.75. The van der Waals surface area contributed by atoms with Gasteiger partial charge in [0.1, 0.15) is 6.10 Å². The fourth-order valence-electron chi connectivity index (χ4n) is 2.85. The maximum Gasteiger partial charge on any atom is 0.213 e. The van der Waals surface area contributed by atoms with Crippen molar-refractivity contribution in [3.05, 3.63) is 23.9 Å². The first-order chi connectivity index (χ1) is 10.5. The maximum atomic E-state index is 11.8. The molecular formula is C17H23N3O2. The van der Waals surface area contributed by atoms with Gasteiger partial charge in [0.05, 0.1) is 6.54 Å². The molecule has 1 fully saturated rings. The van der Waals surface area contributed by atoms with Gasteiger partial charge in [-0.05, 0) is 32.0 Å². The molecule has 1 N–H and O–H groups in total. The molecule has 3 heterocycles. The van der Waals surface area contributed by atoms with Crippen LogP contribution in [0, 0.1) is 5.41 Å². The zero-order valence-electron chi connectivity index (χ0n) is 13.3. The molecule has 0 spiro atoms. The van der Waals surface area contributed by atoms with E-state index < -0.39 is 0 Å². The summed E-state index contributed by atoms with van der Waals surface area (Å²) in [6.07, 6.45) is 4.77. The molecule has 2 aliphatic rings. The summed E-state index contributed by atoms with van der Waals surface area (Å²) in [5, 5.41) is 3.32. The van der Waals surface area contributed by atoms with Gasteiger partial charge in [-0.25, -0.2) is 4.98 Å². The number of pyridine rings is 1. The molecule has 0 radical (unpaired) electrons. The summed E-state index contributed by atoms with van der Waals surface area (Å²) in [6, 6.07) is 3.90. The number of carbonyl (C=O) groups excluding carboxylic acids is 1. The molecule has 0 aromatic carbocycles. The summed E-state index contributed by atoms with van der Waals surface area (Å²) in [7, 11) is 0. The van der Waals surface area contributed by atoms with Crippen molar-refractivity contribution in [3.8, 4) is 5.88 Å². The predicted molar refractivity (Wildman–Crippen MR) is 85.6 cm³/mol. The van der Waals surface area contributed by atoms with Crippen LogP contribution in [0.25, 0.3) is 0 Å². The molecule has 2 aliphatic heterocycles. The molecule has 0 atom stereocenters. The number of piperidine rings is 1. The van der Waals surface area contributed by atoms with Gasteiger partial charge in [0, 0.05) is 35.4 Å². The lowest BCUT2D eigenvalue weighted by atomic mass is 9.79. The minimum atomic E-state index is -0.332. The van der Waals surface area contributed by atoms with Crippen LogP contribution in [0.3, 0.4) is 0 Å². The summed E-state index contributed by atoms with van der Waals surface area (Å²) < 4.78 is 5.91. The second kappa shape index (κ2) is 6.16. The molecule has 118 valence electrons. The van der Waals surface area contributed by atoms with E-state index in [1.54, 1.807) is 6.20 Å². The van der Waals surface area contributed by atoms with Crippen molar-refractivity contribution >= 4 is 11.5 Å². The molecule has 5 heteroatoms. The lowest BCUT2D eigenvalue weighted by molar-refractivity contribution is -0.125. The third-order valence-corrected chi connectivity index (χ3v) is 4.42. The number of nitrogens with zero attached hydrogens (tertiary/aromatic N) is 2. The van der Waals surface area contributed by atoms with E-state index in [2.05, 4.69) is 15.3 Å². The molecule has 0 bridgehead atoms. The van der Waals surface area contributed by atoms with Crippen LogP contribution in [0.5, 0.6) is 5.88 Å². The molecule has 22 heavy (non-hydrogen) atoms. The molecule has 1 saturated heterocycles. The summed E-state index contributed by atoms with van der Waals surface area (Å²) in [6.45, 7) is 6.24. The largest absolute Gasteiger partial charge is 0.474 e. The van der Waals surface area contributed by atoms with Crippen molar-refractivity contribution in [2.45, 2.75) is 39.2 Å². The Morgan fingerprint density at radius 2 is 2.05 bits per heavy atom. The Morgan fingerprint density at radius 3 is 2.68 bits per heavy atom. The average Bonchev–Trinajstić information content (AvgIpc) is 2.52. The molecule has 3 rings (SSSR count). The van der Waals surface area contributed by atoms with E-state index in [9.17, 15) is 4.79 Å². The predicted octanol–water partition coefficient (Wildman–Crippen LogP) is 2.00. The van der Waals surface area contributed by atoms with Crippen LogP contribution in [-0.2, 0) is 4.79 Å². The summed E-state index contributed by atoms with van der Waals surface area (Å²) in [5.41, 5.74) is 1.62. The van der Waals surface area contributed by atoms with Crippen molar-refractivity contribution in [2.75, 3.05) is 19.6 Å². The van der Waals surface area contributed by atoms with Crippen molar-refractivity contribution < 1.29 is 9.53 Å². The Kier molecular flexibility index (Phi) is 4.25. The number of hydrogen-bond acceptors (Lipinski definition) is 5. The number of nitrogens with one attached hydrogen (secondary N) is 1. The summed E-state index contributed by atoms with van der Waals surface area (Å²) in [4.78, 5) is 20.6. The Labute approximate surface area is 131 Å². The highest BCUT2D eigenvalue weighted by Crippen LogP contribution is 2.28. The molecule has 0 unspecified atom stereocenters. The van der Waals surface area contributed by atoms with Crippen molar-refractivity contribution in [2.24, 2.45) is 10.4 Å². The van der Waals surface area contributed by atoms with Crippen LogP contribution in [0.4, 0.5) is 0 Å². The van der Waals surface area contributed by atoms with Crippen LogP contribution >= 0.6 is 0 Å². The van der Waals surface area contributed by atoms with E-state index in [0.717, 1.165) is 37.2 Å². The number of hydrogen-bond donors (Lipinski definition) is 1. The van der Waals surface area contributed by atoms with Gasteiger partial charge in [-0.1, -0.05) is 13.8 Å². The van der Waals surface area contributed by atoms with Crippen LogP contribution in [0.1, 0.15) is 38.7 Å². The van der Waals surface area contributed by atoms with E-state index in [1.807, 2.05) is 26.0 Å². The average molecular weight is 301 g/mol. The third kappa shape index (κ3) is 3.35. The van der Waals surface area contributed by atoms with Crippen molar-refractivity contribution in [1.29, 1.82) is 0 Å². The normalized spacial score (nSPS) is 22.3. The van der Waals surface area contributed by atoms with Crippen LogP contribution < -0.4 is 10.1 Å². The standard InChI is InChI=1S/C17H23N3O2/c1-17(2)9-14(19-11-15(17)21)12-3-4-16(20-10-12)22-13-5-7-18-8-6-13/h3-4,10,13,18H,5-9,11H2,1-2H3. The molecule has 0 amide bonds. The topological polar surface area (TPSA) is 63.6 Å². The van der Waals surface area contributed by atoms with Gasteiger partial charge in [0.15, 0.2) is 5.78 Å². The number of carbonyl (C=O) groups is 1. The smallest absolute Gasteiger partial charge is 0.213 e. The van der Waals surface area contributed by atoms with E-state index >= 15 is 0 Å². The lowest BCUT2D eigenvalue weighted by Gasteiger charge is -2.27. The van der Waals surface area contributed by atoms with Crippen molar-refractivity contribution in [3.63, 3.8) is 0 Å². The van der Waals surface area contributed by atoms with Crippen LogP contribution in [0.2, 0.25) is 0 Å². The fourth-order valence-corrected chi connectivity index (χ4v) is 2.85. The molecular weight excluding hydrogens is 278 g/mol. The molecule has 0 saturated carbocycles. The number of aliphatic imine (C=N–C) groups is 1. The summed E-state index contributed by atoms with van der Waals surface area (Å²) in [5.74, 6) is 0.873. The third-order valence-electron chi connectivity index (χ3n) is 4.42. The zero-order chi connectivity index (χ0) is 15.6. The van der Waals surface area contributed by atoms with Gasteiger partial charge in [0.25, 0.3) is 0 Å². The van der Waals surface area contributed by atoms with E-state index in [-0.39, 0.29) is 23.8 Å². The van der Waals surface area contributed by atoms with Gasteiger partial charge in [-0.15, -0.1) is 0 Å². The van der Waals surface area contributed by atoms with Crippen LogP contribution in [0.15, 0.2) is 23.3 Å². The second-order valence-electron chi connectivity index (χ2n) is 6.70. The number of rotatable bonds is 3. The minimum absolute atomic E-state index is 0.204. The highest BCUT2D eigenvalue weighted by molar-refractivity contribution is 6.07. The number of ether oxygens (including phenoxy) is 1. The monoisotopic (exact) mass is 301 g/mol. The van der Waals surface area contributed by atoms with Gasteiger partial charge >= 0.3 is 0 Å². The van der Waals surface area contributed by atoms with Crippen LogP contribution in [-0.4, -0.2) is 42.2 Å².